The number of nitrogens with one attached hydrogen (secondary N) is 1. The first-order valence-corrected chi connectivity index (χ1v) is 4.78. The Hall–Kier alpha value is -2.34. The zero-order valence-corrected chi connectivity index (χ0v) is 8.97. The molecule has 0 fully saturated rings. The van der Waals surface area contributed by atoms with Gasteiger partial charge in [0, 0.05) is 24.4 Å². The highest BCUT2D eigenvalue weighted by Gasteiger charge is 1.88. The lowest BCUT2D eigenvalue weighted by Gasteiger charge is -1.89. The second kappa shape index (κ2) is 7.02. The van der Waals surface area contributed by atoms with Crippen LogP contribution < -0.4 is 5.43 Å². The zero-order chi connectivity index (χ0) is 11.6. The van der Waals surface area contributed by atoms with Crippen LogP contribution >= 0.6 is 0 Å². The van der Waals surface area contributed by atoms with Crippen molar-refractivity contribution in [2.45, 2.75) is 0 Å². The van der Waals surface area contributed by atoms with Crippen molar-refractivity contribution >= 4 is 12.5 Å². The fourth-order valence-electron chi connectivity index (χ4n) is 0.979. The summed E-state index contributed by atoms with van der Waals surface area (Å²) in [5.74, 6) is 5.80. The van der Waals surface area contributed by atoms with Crippen molar-refractivity contribution in [1.29, 1.82) is 0 Å². The largest absolute Gasteiger partial charge is 0.313 e. The van der Waals surface area contributed by atoms with Crippen LogP contribution in [0.4, 0.5) is 0 Å². The Kier molecular flexibility index (Phi) is 5.15. The van der Waals surface area contributed by atoms with Gasteiger partial charge < -0.3 is 5.43 Å². The van der Waals surface area contributed by atoms with Gasteiger partial charge in [-0.1, -0.05) is 24.0 Å². The summed E-state index contributed by atoms with van der Waals surface area (Å²) in [5, 5.41) is 3.77. The van der Waals surface area contributed by atoms with Crippen molar-refractivity contribution in [3.8, 4) is 11.8 Å². The number of hydrogen-bond donors (Lipinski definition) is 1. The molecule has 3 heteroatoms. The van der Waals surface area contributed by atoms with Gasteiger partial charge >= 0.3 is 0 Å². The number of rotatable bonds is 3. The van der Waals surface area contributed by atoms with Crippen LogP contribution in [-0.4, -0.2) is 19.5 Å². The van der Waals surface area contributed by atoms with E-state index >= 15 is 0 Å². The molecule has 1 aromatic carbocycles. The third-order valence-corrected chi connectivity index (χ3v) is 1.73. The van der Waals surface area contributed by atoms with Gasteiger partial charge in [-0.3, -0.25) is 4.79 Å². The molecular weight excluding hydrogens is 200 g/mol. The van der Waals surface area contributed by atoms with Gasteiger partial charge in [-0.25, -0.2) is 0 Å². The Balaban J connectivity index is 2.59. The predicted octanol–water partition coefficient (Wildman–Crippen LogP) is 1.61. The zero-order valence-electron chi connectivity index (χ0n) is 8.97. The molecule has 0 heterocycles. The average Bonchev–Trinajstić information content (AvgIpc) is 2.34. The topological polar surface area (TPSA) is 41.5 Å². The Labute approximate surface area is 94.9 Å². The van der Waals surface area contributed by atoms with Crippen molar-refractivity contribution in [1.82, 2.24) is 5.43 Å². The van der Waals surface area contributed by atoms with Crippen LogP contribution in [0.5, 0.6) is 0 Å². The lowest BCUT2D eigenvalue weighted by atomic mass is 10.1. The highest BCUT2D eigenvalue weighted by molar-refractivity contribution is 5.75. The molecule has 0 aliphatic carbocycles. The van der Waals surface area contributed by atoms with Crippen molar-refractivity contribution in [3.05, 3.63) is 47.5 Å². The number of carbonyl (C=O) groups excluding carboxylic acids is 1. The third kappa shape index (κ3) is 4.25. The van der Waals surface area contributed by atoms with E-state index in [4.69, 9.17) is 0 Å². The lowest BCUT2D eigenvalue weighted by molar-refractivity contribution is 0.112. The SMILES string of the molecule is CN/N=C\C=C\C#Cc1ccc(C=O)cc1. The maximum Gasteiger partial charge on any atom is 0.150 e. The molecule has 0 aliphatic heterocycles. The van der Waals surface area contributed by atoms with Crippen molar-refractivity contribution in [2.24, 2.45) is 5.10 Å². The van der Waals surface area contributed by atoms with Gasteiger partial charge in [0.1, 0.15) is 6.29 Å². The second-order valence-corrected chi connectivity index (χ2v) is 2.87. The Morgan fingerprint density at radius 2 is 2.06 bits per heavy atom. The van der Waals surface area contributed by atoms with Crippen LogP contribution in [0.1, 0.15) is 15.9 Å². The van der Waals surface area contributed by atoms with Crippen molar-refractivity contribution in [2.75, 3.05) is 7.05 Å². The summed E-state index contributed by atoms with van der Waals surface area (Å²) in [6.45, 7) is 0. The molecule has 16 heavy (non-hydrogen) atoms. The number of hydrogen-bond acceptors (Lipinski definition) is 3. The molecule has 3 nitrogen and oxygen atoms in total. The average molecular weight is 212 g/mol. The molecule has 0 unspecified atom stereocenters. The standard InChI is InChI=1S/C13H12N2O/c1-14-15-10-4-2-3-5-12-6-8-13(11-16)9-7-12/h2,4,6-11,14H,1H3/b4-2+,15-10-. The summed E-state index contributed by atoms with van der Waals surface area (Å²) < 4.78 is 0. The maximum absolute atomic E-state index is 10.4. The number of hydrazone groups is 1. The van der Waals surface area contributed by atoms with E-state index in [1.54, 1.807) is 37.5 Å². The number of carbonyl (C=O) groups is 1. The molecule has 1 rings (SSSR count). The highest BCUT2D eigenvalue weighted by Crippen LogP contribution is 2.00. The van der Waals surface area contributed by atoms with Crippen LogP contribution in [0.3, 0.4) is 0 Å². The molecule has 0 amide bonds. The second-order valence-electron chi connectivity index (χ2n) is 2.87. The van der Waals surface area contributed by atoms with E-state index < -0.39 is 0 Å². The Bertz CT molecular complexity index is 447. The fourth-order valence-corrected chi connectivity index (χ4v) is 0.979. The summed E-state index contributed by atoms with van der Waals surface area (Å²) in [5.41, 5.74) is 4.16. The molecule has 0 saturated carbocycles. The van der Waals surface area contributed by atoms with E-state index in [0.29, 0.717) is 5.56 Å². The van der Waals surface area contributed by atoms with Crippen molar-refractivity contribution < 1.29 is 4.79 Å². The minimum absolute atomic E-state index is 0.655. The van der Waals surface area contributed by atoms with Gasteiger partial charge in [-0.15, -0.1) is 0 Å². The molecule has 0 atom stereocenters. The molecular formula is C13H12N2O. The normalized spacial score (nSPS) is 10.1. The van der Waals surface area contributed by atoms with Gasteiger partial charge in [0.25, 0.3) is 0 Å². The monoisotopic (exact) mass is 212 g/mol. The van der Waals surface area contributed by atoms with Crippen LogP contribution in [0, 0.1) is 11.8 Å². The fraction of sp³-hybridized carbons (Fsp3) is 0.0769. The number of benzene rings is 1. The minimum atomic E-state index is 0.655. The summed E-state index contributed by atoms with van der Waals surface area (Å²) in [7, 11) is 1.73. The van der Waals surface area contributed by atoms with E-state index in [-0.39, 0.29) is 0 Å². The van der Waals surface area contributed by atoms with E-state index in [2.05, 4.69) is 22.4 Å². The van der Waals surface area contributed by atoms with Crippen LogP contribution in [0.25, 0.3) is 0 Å². The molecule has 0 radical (unpaired) electrons. The summed E-state index contributed by atoms with van der Waals surface area (Å²) in [4.78, 5) is 10.4. The van der Waals surface area contributed by atoms with Gasteiger partial charge in [0.15, 0.2) is 0 Å². The first-order chi connectivity index (χ1) is 7.86. The first kappa shape index (κ1) is 11.7. The van der Waals surface area contributed by atoms with Crippen molar-refractivity contribution in [3.63, 3.8) is 0 Å². The van der Waals surface area contributed by atoms with E-state index in [0.717, 1.165) is 11.8 Å². The molecule has 0 bridgehead atoms. The van der Waals surface area contributed by atoms with Gasteiger partial charge in [0.05, 0.1) is 0 Å². The molecule has 1 aromatic rings. The number of nitrogens with zero attached hydrogens (tertiary/aromatic N) is 1. The lowest BCUT2D eigenvalue weighted by Crippen LogP contribution is -1.91. The summed E-state index contributed by atoms with van der Waals surface area (Å²) in [6.07, 6.45) is 5.87. The smallest absolute Gasteiger partial charge is 0.150 e. The molecule has 1 N–H and O–H groups in total. The van der Waals surface area contributed by atoms with Gasteiger partial charge in [-0.05, 0) is 24.3 Å². The summed E-state index contributed by atoms with van der Waals surface area (Å²) >= 11 is 0. The molecule has 0 saturated heterocycles. The van der Waals surface area contributed by atoms with E-state index in [1.807, 2.05) is 12.1 Å². The van der Waals surface area contributed by atoms with Gasteiger partial charge in [0.2, 0.25) is 0 Å². The number of allylic oxidation sites excluding steroid dienone is 2. The summed E-state index contributed by atoms with van der Waals surface area (Å²) in [6, 6.07) is 7.10. The van der Waals surface area contributed by atoms with Crippen LogP contribution in [0.2, 0.25) is 0 Å². The number of aldehydes is 1. The highest BCUT2D eigenvalue weighted by atomic mass is 16.1. The predicted molar refractivity (Wildman–Crippen MR) is 65.4 cm³/mol. The van der Waals surface area contributed by atoms with E-state index in [9.17, 15) is 4.79 Å². The maximum atomic E-state index is 10.4. The molecule has 0 spiro atoms. The quantitative estimate of drug-likeness (QED) is 0.358. The minimum Gasteiger partial charge on any atom is -0.313 e. The Morgan fingerprint density at radius 3 is 2.69 bits per heavy atom. The molecule has 0 aromatic heterocycles. The van der Waals surface area contributed by atoms with E-state index in [1.165, 1.54) is 0 Å². The first-order valence-electron chi connectivity index (χ1n) is 4.78. The van der Waals surface area contributed by atoms with Gasteiger partial charge in [-0.2, -0.15) is 5.10 Å². The van der Waals surface area contributed by atoms with Crippen LogP contribution in [0.15, 0.2) is 41.5 Å². The molecule has 0 aliphatic rings. The Morgan fingerprint density at radius 1 is 1.31 bits per heavy atom. The third-order valence-electron chi connectivity index (χ3n) is 1.73. The molecule has 80 valence electrons. The van der Waals surface area contributed by atoms with Crippen LogP contribution in [-0.2, 0) is 0 Å².